The van der Waals surface area contributed by atoms with Crippen LogP contribution in [0.1, 0.15) is 19.3 Å². The van der Waals surface area contributed by atoms with Gasteiger partial charge in [0.15, 0.2) is 0 Å². The molecule has 1 saturated carbocycles. The van der Waals surface area contributed by atoms with Gasteiger partial charge in [-0.2, -0.15) is 0 Å². The molecule has 0 aromatic carbocycles. The maximum Gasteiger partial charge on any atom is 0.404 e. The zero-order chi connectivity index (χ0) is 8.27. The van der Waals surface area contributed by atoms with Crippen LogP contribution in [0, 0.1) is 5.92 Å². The average Bonchev–Trinajstić information content (AvgIpc) is 2.34. The quantitative estimate of drug-likeness (QED) is 0.595. The minimum absolute atomic E-state index is 0.102. The third kappa shape index (κ3) is 1.97. The number of carbonyl (C=O) groups is 1. The van der Waals surface area contributed by atoms with Crippen molar-refractivity contribution >= 4 is 6.09 Å². The molecule has 0 heterocycles. The Hall–Kier alpha value is -0.990. The number of hydrogen-bond acceptors (Lipinski definition) is 1. The predicted octanol–water partition coefficient (Wildman–Crippen LogP) is 1.61. The van der Waals surface area contributed by atoms with Crippen molar-refractivity contribution in [1.82, 2.24) is 5.32 Å². The van der Waals surface area contributed by atoms with Crippen molar-refractivity contribution in [3.8, 4) is 0 Å². The highest BCUT2D eigenvalue weighted by molar-refractivity contribution is 5.65. The third-order valence-corrected chi connectivity index (χ3v) is 2.18. The lowest BCUT2D eigenvalue weighted by molar-refractivity contribution is 0.188. The van der Waals surface area contributed by atoms with Crippen molar-refractivity contribution < 1.29 is 9.90 Å². The van der Waals surface area contributed by atoms with Gasteiger partial charge in [0.05, 0.1) is 0 Å². The second kappa shape index (κ2) is 3.42. The molecule has 1 aliphatic carbocycles. The highest BCUT2D eigenvalue weighted by atomic mass is 16.4. The number of nitrogens with one attached hydrogen (secondary N) is 1. The summed E-state index contributed by atoms with van der Waals surface area (Å²) < 4.78 is 0. The summed E-state index contributed by atoms with van der Waals surface area (Å²) in [6.45, 7) is 3.67. The maximum absolute atomic E-state index is 10.3. The van der Waals surface area contributed by atoms with Gasteiger partial charge in [0.1, 0.15) is 0 Å². The summed E-state index contributed by atoms with van der Waals surface area (Å²) in [5, 5.41) is 10.9. The van der Waals surface area contributed by atoms with Crippen molar-refractivity contribution in [2.24, 2.45) is 5.92 Å². The molecule has 1 aliphatic rings. The second-order valence-corrected chi connectivity index (χ2v) is 2.89. The van der Waals surface area contributed by atoms with E-state index >= 15 is 0 Å². The molecule has 0 spiro atoms. The van der Waals surface area contributed by atoms with E-state index in [2.05, 4.69) is 11.9 Å². The van der Waals surface area contributed by atoms with Gasteiger partial charge in [-0.05, 0) is 18.8 Å². The van der Waals surface area contributed by atoms with Crippen LogP contribution < -0.4 is 5.32 Å². The standard InChI is InChI=1S/C8H13NO2/c1-2-6-4-3-5-7(6)9-8(10)11/h2,6-7,9H,1,3-5H2,(H,10,11)/t6-,7-/m1/s1. The summed E-state index contributed by atoms with van der Waals surface area (Å²) >= 11 is 0. The van der Waals surface area contributed by atoms with E-state index in [-0.39, 0.29) is 6.04 Å². The van der Waals surface area contributed by atoms with Crippen LogP contribution in [-0.2, 0) is 0 Å². The number of rotatable bonds is 2. The molecule has 62 valence electrons. The van der Waals surface area contributed by atoms with Gasteiger partial charge in [0.25, 0.3) is 0 Å². The Labute approximate surface area is 66.1 Å². The Bertz CT molecular complexity index is 167. The molecule has 1 amide bonds. The molecule has 0 aromatic heterocycles. The first kappa shape index (κ1) is 8.11. The van der Waals surface area contributed by atoms with E-state index in [1.165, 1.54) is 0 Å². The molecule has 0 bridgehead atoms. The van der Waals surface area contributed by atoms with Crippen molar-refractivity contribution in [3.05, 3.63) is 12.7 Å². The SMILES string of the molecule is C=C[C@@H]1CCC[C@H]1NC(=O)O. The second-order valence-electron chi connectivity index (χ2n) is 2.89. The normalized spacial score (nSPS) is 29.8. The van der Waals surface area contributed by atoms with Crippen LogP contribution >= 0.6 is 0 Å². The van der Waals surface area contributed by atoms with Crippen LogP contribution in [0.5, 0.6) is 0 Å². The van der Waals surface area contributed by atoms with E-state index in [1.807, 2.05) is 6.08 Å². The molecule has 2 N–H and O–H groups in total. The minimum Gasteiger partial charge on any atom is -0.465 e. The fraction of sp³-hybridized carbons (Fsp3) is 0.625. The molecule has 1 fully saturated rings. The van der Waals surface area contributed by atoms with Crippen molar-refractivity contribution in [2.45, 2.75) is 25.3 Å². The minimum atomic E-state index is -0.927. The van der Waals surface area contributed by atoms with Gasteiger partial charge in [-0.1, -0.05) is 12.5 Å². The first-order chi connectivity index (χ1) is 5.24. The lowest BCUT2D eigenvalue weighted by Crippen LogP contribution is -2.35. The van der Waals surface area contributed by atoms with E-state index < -0.39 is 6.09 Å². The first-order valence-corrected chi connectivity index (χ1v) is 3.86. The molecule has 3 nitrogen and oxygen atoms in total. The van der Waals surface area contributed by atoms with Gasteiger partial charge in [-0.15, -0.1) is 6.58 Å². The van der Waals surface area contributed by atoms with Crippen LogP contribution in [0.3, 0.4) is 0 Å². The lowest BCUT2D eigenvalue weighted by Gasteiger charge is -2.14. The van der Waals surface area contributed by atoms with Gasteiger partial charge < -0.3 is 10.4 Å². The highest BCUT2D eigenvalue weighted by Crippen LogP contribution is 2.25. The lowest BCUT2D eigenvalue weighted by atomic mass is 10.0. The Kier molecular flexibility index (Phi) is 2.52. The topological polar surface area (TPSA) is 49.3 Å². The molecular formula is C8H13NO2. The van der Waals surface area contributed by atoms with E-state index in [4.69, 9.17) is 5.11 Å². The van der Waals surface area contributed by atoms with Crippen LogP contribution in [0.25, 0.3) is 0 Å². The Morgan fingerprint density at radius 2 is 2.36 bits per heavy atom. The molecule has 0 radical (unpaired) electrons. The zero-order valence-corrected chi connectivity index (χ0v) is 6.42. The molecule has 2 atom stereocenters. The first-order valence-electron chi connectivity index (χ1n) is 3.86. The van der Waals surface area contributed by atoms with Crippen molar-refractivity contribution in [3.63, 3.8) is 0 Å². The van der Waals surface area contributed by atoms with Crippen LogP contribution in [0.15, 0.2) is 12.7 Å². The fourth-order valence-corrected chi connectivity index (χ4v) is 1.61. The zero-order valence-electron chi connectivity index (χ0n) is 6.42. The molecule has 1 rings (SSSR count). The van der Waals surface area contributed by atoms with E-state index in [1.54, 1.807) is 0 Å². The Balaban J connectivity index is 2.43. The third-order valence-electron chi connectivity index (χ3n) is 2.18. The summed E-state index contributed by atoms with van der Waals surface area (Å²) in [7, 11) is 0. The summed E-state index contributed by atoms with van der Waals surface area (Å²) in [6, 6.07) is 0.102. The molecule has 0 unspecified atom stereocenters. The van der Waals surface area contributed by atoms with E-state index in [0.29, 0.717) is 5.92 Å². The molecule has 0 saturated heterocycles. The number of amides is 1. The van der Waals surface area contributed by atoms with E-state index in [0.717, 1.165) is 19.3 Å². The van der Waals surface area contributed by atoms with Gasteiger partial charge in [-0.25, -0.2) is 4.79 Å². The van der Waals surface area contributed by atoms with Gasteiger partial charge in [0, 0.05) is 6.04 Å². The van der Waals surface area contributed by atoms with Crippen molar-refractivity contribution in [1.29, 1.82) is 0 Å². The van der Waals surface area contributed by atoms with Crippen LogP contribution in [0.2, 0.25) is 0 Å². The summed E-state index contributed by atoms with van der Waals surface area (Å²) in [5.41, 5.74) is 0. The number of hydrogen-bond donors (Lipinski definition) is 2. The average molecular weight is 155 g/mol. The summed E-state index contributed by atoms with van der Waals surface area (Å²) in [6.07, 6.45) is 4.02. The van der Waals surface area contributed by atoms with Crippen LogP contribution in [-0.4, -0.2) is 17.2 Å². The van der Waals surface area contributed by atoms with Gasteiger partial charge >= 0.3 is 6.09 Å². The largest absolute Gasteiger partial charge is 0.465 e. The molecule has 0 aromatic rings. The number of carboxylic acid groups (broad SMARTS) is 1. The van der Waals surface area contributed by atoms with E-state index in [9.17, 15) is 4.79 Å². The molecule has 3 heteroatoms. The highest BCUT2D eigenvalue weighted by Gasteiger charge is 2.25. The van der Waals surface area contributed by atoms with Gasteiger partial charge in [-0.3, -0.25) is 0 Å². The molecule has 11 heavy (non-hydrogen) atoms. The monoisotopic (exact) mass is 155 g/mol. The molecular weight excluding hydrogens is 142 g/mol. The van der Waals surface area contributed by atoms with Gasteiger partial charge in [0.2, 0.25) is 0 Å². The predicted molar refractivity (Wildman–Crippen MR) is 42.5 cm³/mol. The van der Waals surface area contributed by atoms with Crippen molar-refractivity contribution in [2.75, 3.05) is 0 Å². The Morgan fingerprint density at radius 1 is 1.64 bits per heavy atom. The summed E-state index contributed by atoms with van der Waals surface area (Å²) in [4.78, 5) is 10.3. The fourth-order valence-electron chi connectivity index (χ4n) is 1.61. The summed E-state index contributed by atoms with van der Waals surface area (Å²) in [5.74, 6) is 0.339. The molecule has 0 aliphatic heterocycles. The smallest absolute Gasteiger partial charge is 0.404 e. The Morgan fingerprint density at radius 3 is 2.91 bits per heavy atom. The maximum atomic E-state index is 10.3. The van der Waals surface area contributed by atoms with Crippen LogP contribution in [0.4, 0.5) is 4.79 Å².